The molecule has 1 aromatic rings. The summed E-state index contributed by atoms with van der Waals surface area (Å²) in [5.41, 5.74) is 0.804. The predicted octanol–water partition coefficient (Wildman–Crippen LogP) is 1.93. The lowest BCUT2D eigenvalue weighted by atomic mass is 10.1. The van der Waals surface area contributed by atoms with Crippen LogP contribution in [0.5, 0.6) is 0 Å². The van der Waals surface area contributed by atoms with Crippen LogP contribution in [0.1, 0.15) is 18.9 Å². The average molecular weight is 266 g/mol. The molecule has 0 radical (unpaired) electrons. The Morgan fingerprint density at radius 2 is 2.05 bits per heavy atom. The van der Waals surface area contributed by atoms with Crippen molar-refractivity contribution in [2.45, 2.75) is 19.8 Å². The summed E-state index contributed by atoms with van der Waals surface area (Å²) < 4.78 is 0. The number of para-hydroxylation sites is 1. The summed E-state index contributed by atoms with van der Waals surface area (Å²) in [4.78, 5) is 23.0. The third-order valence-corrected chi connectivity index (χ3v) is 2.97. The Morgan fingerprint density at radius 1 is 1.37 bits per heavy atom. The quantitative estimate of drug-likeness (QED) is 0.574. The molecule has 19 heavy (non-hydrogen) atoms. The van der Waals surface area contributed by atoms with Crippen LogP contribution in [-0.4, -0.2) is 40.5 Å². The number of nitro benzene ring substituents is 1. The zero-order valence-corrected chi connectivity index (χ0v) is 10.9. The van der Waals surface area contributed by atoms with Gasteiger partial charge in [-0.05, 0) is 13.0 Å². The maximum Gasteiger partial charge on any atom is 0.304 e. The number of aliphatic carboxylic acids is 1. The molecule has 0 amide bonds. The fourth-order valence-electron chi connectivity index (χ4n) is 1.86. The van der Waals surface area contributed by atoms with Crippen LogP contribution < -0.4 is 0 Å². The SMILES string of the molecule is CCN(CCC(=O)O)CCc1ccccc1[N+](=O)[O-]. The first-order valence-electron chi connectivity index (χ1n) is 6.21. The molecule has 0 aliphatic carbocycles. The smallest absolute Gasteiger partial charge is 0.304 e. The Hall–Kier alpha value is -1.95. The van der Waals surface area contributed by atoms with Crippen LogP contribution >= 0.6 is 0 Å². The van der Waals surface area contributed by atoms with Crippen LogP contribution in [0.4, 0.5) is 5.69 Å². The molecule has 0 bridgehead atoms. The van der Waals surface area contributed by atoms with Gasteiger partial charge < -0.3 is 10.0 Å². The van der Waals surface area contributed by atoms with E-state index in [2.05, 4.69) is 0 Å². The van der Waals surface area contributed by atoms with Gasteiger partial charge in [-0.25, -0.2) is 0 Å². The van der Waals surface area contributed by atoms with E-state index in [9.17, 15) is 14.9 Å². The molecular formula is C13H18N2O4. The molecule has 0 spiro atoms. The van der Waals surface area contributed by atoms with Crippen molar-refractivity contribution >= 4 is 11.7 Å². The summed E-state index contributed by atoms with van der Waals surface area (Å²) in [6.45, 7) is 3.76. The lowest BCUT2D eigenvalue weighted by molar-refractivity contribution is -0.385. The minimum absolute atomic E-state index is 0.0880. The molecule has 0 fully saturated rings. The fourth-order valence-corrected chi connectivity index (χ4v) is 1.86. The second-order valence-electron chi connectivity index (χ2n) is 4.21. The van der Waals surface area contributed by atoms with E-state index in [1.807, 2.05) is 11.8 Å². The van der Waals surface area contributed by atoms with Gasteiger partial charge in [0, 0.05) is 24.7 Å². The Morgan fingerprint density at radius 3 is 2.63 bits per heavy atom. The van der Waals surface area contributed by atoms with Gasteiger partial charge in [0.15, 0.2) is 0 Å². The summed E-state index contributed by atoms with van der Waals surface area (Å²) in [5.74, 6) is -0.829. The molecular weight excluding hydrogens is 248 g/mol. The number of carbonyl (C=O) groups is 1. The van der Waals surface area contributed by atoms with E-state index < -0.39 is 5.97 Å². The number of hydrogen-bond acceptors (Lipinski definition) is 4. The topological polar surface area (TPSA) is 83.7 Å². The number of rotatable bonds is 8. The molecule has 0 saturated carbocycles. The third-order valence-electron chi connectivity index (χ3n) is 2.97. The van der Waals surface area contributed by atoms with Crippen molar-refractivity contribution < 1.29 is 14.8 Å². The minimum atomic E-state index is -0.829. The van der Waals surface area contributed by atoms with E-state index >= 15 is 0 Å². The van der Waals surface area contributed by atoms with E-state index in [4.69, 9.17) is 5.11 Å². The standard InChI is InChI=1S/C13H18N2O4/c1-2-14(10-8-13(16)17)9-7-11-5-3-4-6-12(11)15(18)19/h3-6H,2,7-10H2,1H3,(H,16,17). The lowest BCUT2D eigenvalue weighted by Crippen LogP contribution is -2.28. The maximum atomic E-state index is 10.9. The van der Waals surface area contributed by atoms with Crippen LogP contribution in [0.3, 0.4) is 0 Å². The molecule has 0 saturated heterocycles. The zero-order valence-electron chi connectivity index (χ0n) is 10.9. The zero-order chi connectivity index (χ0) is 14.3. The second-order valence-corrected chi connectivity index (χ2v) is 4.21. The van der Waals surface area contributed by atoms with Crippen molar-refractivity contribution in [3.63, 3.8) is 0 Å². The molecule has 0 atom stereocenters. The van der Waals surface area contributed by atoms with Crippen LogP contribution in [-0.2, 0) is 11.2 Å². The first kappa shape index (κ1) is 15.1. The molecule has 0 heterocycles. The van der Waals surface area contributed by atoms with Gasteiger partial charge >= 0.3 is 5.97 Å². The number of likely N-dealkylation sites (N-methyl/N-ethyl adjacent to an activating group) is 1. The Kier molecular flexibility index (Phi) is 5.95. The summed E-state index contributed by atoms with van der Waals surface area (Å²) in [6.07, 6.45) is 0.634. The van der Waals surface area contributed by atoms with Crippen molar-refractivity contribution in [2.24, 2.45) is 0 Å². The molecule has 6 nitrogen and oxygen atoms in total. The fraction of sp³-hybridized carbons (Fsp3) is 0.462. The van der Waals surface area contributed by atoms with Crippen molar-refractivity contribution in [1.82, 2.24) is 4.90 Å². The number of hydrogen-bond donors (Lipinski definition) is 1. The number of nitrogens with zero attached hydrogens (tertiary/aromatic N) is 2. The van der Waals surface area contributed by atoms with Gasteiger partial charge in [-0.1, -0.05) is 25.1 Å². The highest BCUT2D eigenvalue weighted by molar-refractivity contribution is 5.66. The predicted molar refractivity (Wildman–Crippen MR) is 71.2 cm³/mol. The molecule has 1 aromatic carbocycles. The van der Waals surface area contributed by atoms with Crippen molar-refractivity contribution in [1.29, 1.82) is 0 Å². The van der Waals surface area contributed by atoms with Crippen molar-refractivity contribution in [2.75, 3.05) is 19.6 Å². The molecule has 104 valence electrons. The Balaban J connectivity index is 2.59. The van der Waals surface area contributed by atoms with Gasteiger partial charge in [0.25, 0.3) is 5.69 Å². The number of nitro groups is 1. The Labute approximate surface area is 111 Å². The van der Waals surface area contributed by atoms with Gasteiger partial charge in [-0.2, -0.15) is 0 Å². The van der Waals surface area contributed by atoms with Crippen LogP contribution in [0.15, 0.2) is 24.3 Å². The highest BCUT2D eigenvalue weighted by Crippen LogP contribution is 2.18. The number of benzene rings is 1. The molecule has 0 aliphatic rings. The monoisotopic (exact) mass is 266 g/mol. The van der Waals surface area contributed by atoms with E-state index in [-0.39, 0.29) is 17.0 Å². The summed E-state index contributed by atoms with van der Waals surface area (Å²) >= 11 is 0. The van der Waals surface area contributed by atoms with E-state index in [0.717, 1.165) is 6.54 Å². The molecule has 1 rings (SSSR count). The van der Waals surface area contributed by atoms with Crippen LogP contribution in [0, 0.1) is 10.1 Å². The highest BCUT2D eigenvalue weighted by Gasteiger charge is 2.13. The molecule has 0 aromatic heterocycles. The van der Waals surface area contributed by atoms with Gasteiger partial charge in [-0.3, -0.25) is 14.9 Å². The van der Waals surface area contributed by atoms with Crippen molar-refractivity contribution in [3.05, 3.63) is 39.9 Å². The van der Waals surface area contributed by atoms with Gasteiger partial charge in [0.1, 0.15) is 0 Å². The minimum Gasteiger partial charge on any atom is -0.481 e. The second kappa shape index (κ2) is 7.48. The summed E-state index contributed by atoms with van der Waals surface area (Å²) in [7, 11) is 0. The first-order chi connectivity index (χ1) is 9.04. The number of carboxylic acid groups (broad SMARTS) is 1. The van der Waals surface area contributed by atoms with Gasteiger partial charge in [-0.15, -0.1) is 0 Å². The molecule has 1 N–H and O–H groups in total. The van der Waals surface area contributed by atoms with E-state index in [1.165, 1.54) is 6.07 Å². The average Bonchev–Trinajstić information content (AvgIpc) is 2.39. The first-order valence-corrected chi connectivity index (χ1v) is 6.21. The molecule has 6 heteroatoms. The van der Waals surface area contributed by atoms with Gasteiger partial charge in [0.05, 0.1) is 11.3 Å². The van der Waals surface area contributed by atoms with Crippen LogP contribution in [0.2, 0.25) is 0 Å². The highest BCUT2D eigenvalue weighted by atomic mass is 16.6. The summed E-state index contributed by atoms with van der Waals surface area (Å²) in [6, 6.07) is 6.64. The lowest BCUT2D eigenvalue weighted by Gasteiger charge is -2.19. The van der Waals surface area contributed by atoms with Gasteiger partial charge in [0.2, 0.25) is 0 Å². The third kappa shape index (κ3) is 5.05. The normalized spacial score (nSPS) is 10.6. The summed E-state index contributed by atoms with van der Waals surface area (Å²) in [5, 5.41) is 19.5. The molecule has 0 unspecified atom stereocenters. The van der Waals surface area contributed by atoms with Crippen molar-refractivity contribution in [3.8, 4) is 0 Å². The maximum absolute atomic E-state index is 10.9. The largest absolute Gasteiger partial charge is 0.481 e. The molecule has 0 aliphatic heterocycles. The Bertz CT molecular complexity index is 448. The van der Waals surface area contributed by atoms with E-state index in [0.29, 0.717) is 25.1 Å². The number of carboxylic acids is 1. The van der Waals surface area contributed by atoms with E-state index in [1.54, 1.807) is 18.2 Å². The van der Waals surface area contributed by atoms with Crippen LogP contribution in [0.25, 0.3) is 0 Å².